The van der Waals surface area contributed by atoms with Gasteiger partial charge < -0.3 is 20.5 Å². The van der Waals surface area contributed by atoms with Gasteiger partial charge in [0, 0.05) is 11.5 Å². The molecule has 2 amide bonds. The van der Waals surface area contributed by atoms with E-state index in [1.165, 1.54) is 31.5 Å². The Kier molecular flexibility index (Phi) is 5.78. The summed E-state index contributed by atoms with van der Waals surface area (Å²) in [4.78, 5) is 27.9. The molecule has 7 nitrogen and oxygen atoms in total. The maximum Gasteiger partial charge on any atom is 0.267 e. The number of amides is 2. The number of methoxy groups -OCH3 is 1. The second-order valence-corrected chi connectivity index (χ2v) is 6.92. The second kappa shape index (κ2) is 8.12. The third-order valence-corrected chi connectivity index (χ3v) is 5.18. The van der Waals surface area contributed by atoms with E-state index >= 15 is 0 Å². The van der Waals surface area contributed by atoms with Crippen LogP contribution in [0.2, 0.25) is 0 Å². The first-order valence-corrected chi connectivity index (χ1v) is 8.98. The monoisotopic (exact) mass is 405 g/mol. The quantitative estimate of drug-likeness (QED) is 0.796. The number of nitrogens with one attached hydrogen (secondary N) is 1. The number of anilines is 1. The molecule has 1 aliphatic rings. The predicted molar refractivity (Wildman–Crippen MR) is 101 cm³/mol. The van der Waals surface area contributed by atoms with Crippen molar-refractivity contribution >= 4 is 17.5 Å². The first-order valence-electron chi connectivity index (χ1n) is 8.98. The van der Waals surface area contributed by atoms with Crippen LogP contribution in [-0.2, 0) is 9.53 Å². The van der Waals surface area contributed by atoms with Gasteiger partial charge in [-0.05, 0) is 31.0 Å². The van der Waals surface area contributed by atoms with Gasteiger partial charge in [-0.15, -0.1) is 0 Å². The molecule has 1 saturated heterocycles. The third-order valence-electron chi connectivity index (χ3n) is 5.18. The molecular formula is C20H21F2N3O4. The molecule has 0 spiro atoms. The molecule has 2 aromatic rings. The molecule has 9 heteroatoms. The Morgan fingerprint density at radius 3 is 2.52 bits per heavy atom. The summed E-state index contributed by atoms with van der Waals surface area (Å²) in [5.41, 5.74) is 5.90. The summed E-state index contributed by atoms with van der Waals surface area (Å²) in [6.07, 6.45) is 0.0333. The Hall–Kier alpha value is -3.07. The van der Waals surface area contributed by atoms with Gasteiger partial charge >= 0.3 is 0 Å². The number of halogens is 2. The van der Waals surface area contributed by atoms with E-state index in [0.29, 0.717) is 11.3 Å². The minimum absolute atomic E-state index is 0.0618. The zero-order chi connectivity index (χ0) is 21.3. The van der Waals surface area contributed by atoms with Crippen LogP contribution >= 0.6 is 0 Å². The molecule has 154 valence electrons. The average Bonchev–Trinajstić information content (AvgIpc) is 2.99. The summed E-state index contributed by atoms with van der Waals surface area (Å²) in [6.45, 7) is 3.67. The fraction of sp³-hybridized carbons (Fsp3) is 0.350. The molecular weight excluding hydrogens is 384 g/mol. The van der Waals surface area contributed by atoms with Gasteiger partial charge in [0.2, 0.25) is 5.82 Å². The highest BCUT2D eigenvalue weighted by molar-refractivity contribution is 5.96. The van der Waals surface area contributed by atoms with Crippen molar-refractivity contribution in [3.05, 3.63) is 53.4 Å². The number of rotatable bonds is 5. The SMILES string of the molecule is COc1c([C@@H]2[C@H](C)[C@@H](C)O[C@H]2C(=O)Nc2ccc(C(N)=O)nc2)ccc(F)c1F. The fourth-order valence-corrected chi connectivity index (χ4v) is 3.52. The maximum absolute atomic E-state index is 14.2. The number of carbonyl (C=O) groups is 2. The van der Waals surface area contributed by atoms with Crippen LogP contribution in [0.15, 0.2) is 30.5 Å². The second-order valence-electron chi connectivity index (χ2n) is 6.92. The first kappa shape index (κ1) is 20.7. The highest BCUT2D eigenvalue weighted by atomic mass is 19.2. The number of hydrogen-bond acceptors (Lipinski definition) is 5. The number of pyridine rings is 1. The van der Waals surface area contributed by atoms with Crippen LogP contribution in [0.4, 0.5) is 14.5 Å². The van der Waals surface area contributed by atoms with Crippen molar-refractivity contribution in [3.63, 3.8) is 0 Å². The number of carbonyl (C=O) groups excluding carboxylic acids is 2. The minimum Gasteiger partial charge on any atom is -0.493 e. The van der Waals surface area contributed by atoms with Gasteiger partial charge in [0.25, 0.3) is 11.8 Å². The molecule has 1 aromatic heterocycles. The van der Waals surface area contributed by atoms with E-state index in [4.69, 9.17) is 15.2 Å². The maximum atomic E-state index is 14.2. The van der Waals surface area contributed by atoms with E-state index < -0.39 is 35.5 Å². The summed E-state index contributed by atoms with van der Waals surface area (Å²) in [7, 11) is 1.24. The highest BCUT2D eigenvalue weighted by Gasteiger charge is 2.46. The Bertz CT molecular complexity index is 936. The largest absolute Gasteiger partial charge is 0.493 e. The summed E-state index contributed by atoms with van der Waals surface area (Å²) in [5.74, 6) is -4.28. The van der Waals surface area contributed by atoms with Crippen LogP contribution < -0.4 is 15.8 Å². The molecule has 4 atom stereocenters. The van der Waals surface area contributed by atoms with Crippen LogP contribution in [0.3, 0.4) is 0 Å². The fourth-order valence-electron chi connectivity index (χ4n) is 3.52. The van der Waals surface area contributed by atoms with Crippen LogP contribution in [0.1, 0.15) is 35.8 Å². The lowest BCUT2D eigenvalue weighted by atomic mass is 9.82. The number of benzene rings is 1. The molecule has 1 aromatic carbocycles. The number of nitrogens with zero attached hydrogens (tertiary/aromatic N) is 1. The molecule has 0 unspecified atom stereocenters. The van der Waals surface area contributed by atoms with E-state index in [1.54, 1.807) is 6.92 Å². The highest BCUT2D eigenvalue weighted by Crippen LogP contribution is 2.44. The smallest absolute Gasteiger partial charge is 0.267 e. The molecule has 0 aliphatic carbocycles. The van der Waals surface area contributed by atoms with Crippen molar-refractivity contribution in [2.24, 2.45) is 11.7 Å². The van der Waals surface area contributed by atoms with Crippen LogP contribution in [0.25, 0.3) is 0 Å². The van der Waals surface area contributed by atoms with Gasteiger partial charge in [0.15, 0.2) is 11.6 Å². The van der Waals surface area contributed by atoms with E-state index in [1.807, 2.05) is 6.92 Å². The van der Waals surface area contributed by atoms with Crippen molar-refractivity contribution in [2.45, 2.75) is 32.0 Å². The van der Waals surface area contributed by atoms with E-state index in [0.717, 1.165) is 6.07 Å². The zero-order valence-electron chi connectivity index (χ0n) is 16.1. The number of hydrogen-bond donors (Lipinski definition) is 2. The van der Waals surface area contributed by atoms with E-state index in [9.17, 15) is 18.4 Å². The lowest BCUT2D eigenvalue weighted by molar-refractivity contribution is -0.127. The molecule has 3 rings (SSSR count). The summed E-state index contributed by atoms with van der Waals surface area (Å²) < 4.78 is 38.8. The van der Waals surface area contributed by atoms with Crippen molar-refractivity contribution < 1.29 is 27.8 Å². The Morgan fingerprint density at radius 1 is 1.21 bits per heavy atom. The lowest BCUT2D eigenvalue weighted by Gasteiger charge is -2.23. The average molecular weight is 405 g/mol. The molecule has 0 bridgehead atoms. The van der Waals surface area contributed by atoms with Crippen molar-refractivity contribution in [3.8, 4) is 5.75 Å². The minimum atomic E-state index is -1.11. The normalized spacial score (nSPS) is 23.6. The van der Waals surface area contributed by atoms with Gasteiger partial charge in [0.05, 0.1) is 25.1 Å². The number of aromatic nitrogens is 1. The zero-order valence-corrected chi connectivity index (χ0v) is 16.1. The van der Waals surface area contributed by atoms with Crippen molar-refractivity contribution in [1.82, 2.24) is 4.98 Å². The lowest BCUT2D eigenvalue weighted by Crippen LogP contribution is -2.33. The number of primary amides is 1. The van der Waals surface area contributed by atoms with Gasteiger partial charge in [0.1, 0.15) is 11.8 Å². The first-order chi connectivity index (χ1) is 13.7. The van der Waals surface area contributed by atoms with Gasteiger partial charge in [-0.1, -0.05) is 13.0 Å². The van der Waals surface area contributed by atoms with E-state index in [-0.39, 0.29) is 23.5 Å². The Balaban J connectivity index is 1.90. The summed E-state index contributed by atoms with van der Waals surface area (Å²) >= 11 is 0. The van der Waals surface area contributed by atoms with Crippen LogP contribution in [0.5, 0.6) is 5.75 Å². The molecule has 29 heavy (non-hydrogen) atoms. The third kappa shape index (κ3) is 3.91. The van der Waals surface area contributed by atoms with Gasteiger partial charge in [-0.25, -0.2) is 9.37 Å². The van der Waals surface area contributed by atoms with Gasteiger partial charge in [-0.2, -0.15) is 4.39 Å². The van der Waals surface area contributed by atoms with Gasteiger partial charge in [-0.3, -0.25) is 9.59 Å². The molecule has 3 N–H and O–H groups in total. The molecule has 0 saturated carbocycles. The number of nitrogens with two attached hydrogens (primary N) is 1. The molecule has 1 aliphatic heterocycles. The van der Waals surface area contributed by atoms with E-state index in [2.05, 4.69) is 10.3 Å². The number of ether oxygens (including phenoxy) is 2. The topological polar surface area (TPSA) is 104 Å². The van der Waals surface area contributed by atoms with Crippen molar-refractivity contribution in [2.75, 3.05) is 12.4 Å². The Labute approximate surface area is 166 Å². The molecule has 2 heterocycles. The molecule has 1 fully saturated rings. The van der Waals surface area contributed by atoms with Crippen LogP contribution in [0, 0.1) is 17.6 Å². The molecule has 0 radical (unpaired) electrons. The van der Waals surface area contributed by atoms with Crippen LogP contribution in [-0.4, -0.2) is 36.1 Å². The summed E-state index contributed by atoms with van der Waals surface area (Å²) in [6, 6.07) is 5.28. The standard InChI is InChI=1S/C20H21F2N3O4/c1-9-10(2)29-18(15(9)12-5-6-13(21)16(22)17(12)28-3)20(27)25-11-4-7-14(19(23)26)24-8-11/h4-10,15,18H,1-3H3,(H2,23,26)(H,25,27)/t9-,10-,15+,18-/m1/s1. The van der Waals surface area contributed by atoms with Crippen molar-refractivity contribution in [1.29, 1.82) is 0 Å². The Morgan fingerprint density at radius 2 is 1.93 bits per heavy atom. The predicted octanol–water partition coefficient (Wildman–Crippen LogP) is 2.61. The summed E-state index contributed by atoms with van der Waals surface area (Å²) in [5, 5.41) is 2.67.